The van der Waals surface area contributed by atoms with Crippen LogP contribution >= 0.6 is 0 Å². The molecule has 0 spiro atoms. The van der Waals surface area contributed by atoms with E-state index in [4.69, 9.17) is 15.3 Å². The molecule has 0 saturated carbocycles. The Bertz CT molecular complexity index is 154. The number of hydrogen-bond donors (Lipinski definition) is 3. The van der Waals surface area contributed by atoms with Crippen LogP contribution in [-0.2, 0) is 4.74 Å². The van der Waals surface area contributed by atoms with Crippen molar-refractivity contribution in [1.29, 1.82) is 0 Å². The molecule has 0 aromatic heterocycles. The molecule has 6 heteroatoms. The molecule has 1 saturated heterocycles. The molecular weight excluding hydrogens is 174 g/mol. The first kappa shape index (κ1) is 9.79. The first-order valence-corrected chi connectivity index (χ1v) is 3.48. The Balaban J connectivity index is 2.58. The summed E-state index contributed by atoms with van der Waals surface area (Å²) < 4.78 is 28.4. The minimum atomic E-state index is -2.86. The van der Waals surface area contributed by atoms with Crippen molar-refractivity contribution in [3.63, 3.8) is 0 Å². The molecule has 1 heterocycles. The van der Waals surface area contributed by atoms with Gasteiger partial charge in [0.05, 0.1) is 6.61 Å². The number of halogens is 2. The Kier molecular flexibility index (Phi) is 2.94. The van der Waals surface area contributed by atoms with Crippen molar-refractivity contribution in [3.05, 3.63) is 0 Å². The van der Waals surface area contributed by atoms with E-state index in [0.29, 0.717) is 0 Å². The first-order valence-electron chi connectivity index (χ1n) is 3.48. The second kappa shape index (κ2) is 3.61. The summed E-state index contributed by atoms with van der Waals surface area (Å²) in [6, 6.07) is 0. The zero-order valence-electron chi connectivity index (χ0n) is 6.10. The third kappa shape index (κ3) is 1.71. The number of hydrogen-bond acceptors (Lipinski definition) is 4. The van der Waals surface area contributed by atoms with Crippen LogP contribution in [0.4, 0.5) is 8.78 Å². The van der Waals surface area contributed by atoms with Gasteiger partial charge in [0.1, 0.15) is 24.4 Å². The second-order valence-electron chi connectivity index (χ2n) is 2.68. The molecule has 4 atom stereocenters. The monoisotopic (exact) mass is 184 g/mol. The van der Waals surface area contributed by atoms with E-state index in [1.807, 2.05) is 0 Å². The van der Waals surface area contributed by atoms with Crippen LogP contribution in [0.3, 0.4) is 0 Å². The van der Waals surface area contributed by atoms with Gasteiger partial charge in [0, 0.05) is 0 Å². The largest absolute Gasteiger partial charge is 0.388 e. The van der Waals surface area contributed by atoms with Gasteiger partial charge in [0.15, 0.2) is 0 Å². The highest BCUT2D eigenvalue weighted by Crippen LogP contribution is 2.20. The Morgan fingerprint density at radius 3 is 2.25 bits per heavy atom. The zero-order chi connectivity index (χ0) is 9.30. The van der Waals surface area contributed by atoms with E-state index < -0.39 is 30.8 Å². The first-order chi connectivity index (χ1) is 5.54. The predicted molar refractivity (Wildman–Crippen MR) is 33.8 cm³/mol. The number of aliphatic hydroxyl groups is 3. The number of alkyl halides is 2. The Labute approximate surface area is 67.4 Å². The minimum absolute atomic E-state index is 0.382. The quantitative estimate of drug-likeness (QED) is 0.475. The summed E-state index contributed by atoms with van der Waals surface area (Å²) in [5, 5.41) is 26.8. The lowest BCUT2D eigenvalue weighted by molar-refractivity contribution is -0.217. The smallest absolute Gasteiger partial charge is 0.267 e. The van der Waals surface area contributed by atoms with Gasteiger partial charge in [0.25, 0.3) is 6.43 Å². The van der Waals surface area contributed by atoms with Gasteiger partial charge in [-0.15, -0.1) is 0 Å². The average molecular weight is 184 g/mol. The number of rotatable bonds is 1. The highest BCUT2D eigenvalue weighted by molar-refractivity contribution is 4.87. The maximum absolute atomic E-state index is 12.0. The van der Waals surface area contributed by atoms with E-state index in [2.05, 4.69) is 4.74 Å². The lowest BCUT2D eigenvalue weighted by Crippen LogP contribution is -2.55. The lowest BCUT2D eigenvalue weighted by atomic mass is 10.0. The Morgan fingerprint density at radius 2 is 1.75 bits per heavy atom. The fourth-order valence-electron chi connectivity index (χ4n) is 1.05. The van der Waals surface area contributed by atoms with Crippen LogP contribution in [-0.4, -0.2) is 52.8 Å². The summed E-state index contributed by atoms with van der Waals surface area (Å²) in [6.07, 6.45) is -9.15. The van der Waals surface area contributed by atoms with Gasteiger partial charge in [-0.1, -0.05) is 0 Å². The number of ether oxygens (including phenoxy) is 1. The van der Waals surface area contributed by atoms with E-state index in [-0.39, 0.29) is 6.61 Å². The lowest BCUT2D eigenvalue weighted by Gasteiger charge is -2.34. The molecule has 1 aliphatic rings. The highest BCUT2D eigenvalue weighted by Gasteiger charge is 2.41. The molecule has 1 fully saturated rings. The molecule has 0 radical (unpaired) electrons. The molecular formula is C6H10F2O4. The van der Waals surface area contributed by atoms with Gasteiger partial charge in [-0.2, -0.15) is 0 Å². The van der Waals surface area contributed by atoms with Crippen LogP contribution in [0.1, 0.15) is 0 Å². The molecule has 1 rings (SSSR count). The Morgan fingerprint density at radius 1 is 1.17 bits per heavy atom. The zero-order valence-corrected chi connectivity index (χ0v) is 6.10. The molecule has 0 amide bonds. The van der Waals surface area contributed by atoms with Crippen LogP contribution in [0.25, 0.3) is 0 Å². The van der Waals surface area contributed by atoms with Crippen molar-refractivity contribution in [1.82, 2.24) is 0 Å². The predicted octanol–water partition coefficient (Wildman–Crippen LogP) is -1.27. The van der Waals surface area contributed by atoms with Crippen molar-refractivity contribution < 1.29 is 28.8 Å². The summed E-state index contributed by atoms with van der Waals surface area (Å²) >= 11 is 0. The topological polar surface area (TPSA) is 69.9 Å². The third-order valence-corrected chi connectivity index (χ3v) is 1.79. The van der Waals surface area contributed by atoms with Gasteiger partial charge in [0.2, 0.25) is 0 Å². The van der Waals surface area contributed by atoms with Crippen molar-refractivity contribution in [2.45, 2.75) is 30.8 Å². The summed E-state index contributed by atoms with van der Waals surface area (Å²) in [6.45, 7) is -0.382. The summed E-state index contributed by atoms with van der Waals surface area (Å²) in [4.78, 5) is 0. The normalized spacial score (nSPS) is 43.5. The van der Waals surface area contributed by atoms with Gasteiger partial charge in [-0.05, 0) is 0 Å². The van der Waals surface area contributed by atoms with Gasteiger partial charge in [-0.3, -0.25) is 0 Å². The van der Waals surface area contributed by atoms with E-state index in [1.54, 1.807) is 0 Å². The average Bonchev–Trinajstić information content (AvgIpc) is 2.00. The van der Waals surface area contributed by atoms with Crippen molar-refractivity contribution in [2.24, 2.45) is 0 Å². The highest BCUT2D eigenvalue weighted by atomic mass is 19.3. The van der Waals surface area contributed by atoms with E-state index in [1.165, 1.54) is 0 Å². The van der Waals surface area contributed by atoms with Gasteiger partial charge >= 0.3 is 0 Å². The molecule has 0 aromatic rings. The molecule has 0 bridgehead atoms. The van der Waals surface area contributed by atoms with Crippen molar-refractivity contribution >= 4 is 0 Å². The summed E-state index contributed by atoms with van der Waals surface area (Å²) in [7, 11) is 0. The van der Waals surface area contributed by atoms with Crippen LogP contribution in [0.15, 0.2) is 0 Å². The molecule has 0 aromatic carbocycles. The van der Waals surface area contributed by atoms with E-state index in [0.717, 1.165) is 0 Å². The molecule has 3 N–H and O–H groups in total. The summed E-state index contributed by atoms with van der Waals surface area (Å²) in [5.41, 5.74) is 0. The van der Waals surface area contributed by atoms with Crippen LogP contribution in [0, 0.1) is 0 Å². The standard InChI is InChI=1S/C6H10F2O4/c7-6(8)5-4(11)3(10)2(9)1-12-5/h2-6,9-11H,1H2. The van der Waals surface area contributed by atoms with Gasteiger partial charge < -0.3 is 20.1 Å². The number of aliphatic hydroxyl groups excluding tert-OH is 3. The van der Waals surface area contributed by atoms with Crippen LogP contribution in [0.2, 0.25) is 0 Å². The molecule has 4 unspecified atom stereocenters. The molecule has 72 valence electrons. The SMILES string of the molecule is OC1COC(C(F)F)C(O)C1O. The molecule has 1 aliphatic heterocycles. The van der Waals surface area contributed by atoms with Gasteiger partial charge in [-0.25, -0.2) is 8.78 Å². The Hall–Kier alpha value is -0.300. The van der Waals surface area contributed by atoms with E-state index >= 15 is 0 Å². The van der Waals surface area contributed by atoms with Crippen molar-refractivity contribution in [3.8, 4) is 0 Å². The fraction of sp³-hybridized carbons (Fsp3) is 1.00. The van der Waals surface area contributed by atoms with Crippen LogP contribution < -0.4 is 0 Å². The van der Waals surface area contributed by atoms with Crippen LogP contribution in [0.5, 0.6) is 0 Å². The summed E-state index contributed by atoms with van der Waals surface area (Å²) in [5.74, 6) is 0. The minimum Gasteiger partial charge on any atom is -0.388 e. The maximum atomic E-state index is 12.0. The molecule has 4 nitrogen and oxygen atoms in total. The maximum Gasteiger partial charge on any atom is 0.267 e. The third-order valence-electron chi connectivity index (χ3n) is 1.79. The molecule has 12 heavy (non-hydrogen) atoms. The second-order valence-corrected chi connectivity index (χ2v) is 2.68. The molecule has 0 aliphatic carbocycles. The van der Waals surface area contributed by atoms with E-state index in [9.17, 15) is 8.78 Å². The van der Waals surface area contributed by atoms with Crippen molar-refractivity contribution in [2.75, 3.05) is 6.61 Å². The fourth-order valence-corrected chi connectivity index (χ4v) is 1.05.